The van der Waals surface area contributed by atoms with Gasteiger partial charge in [0.05, 0.1) is 6.33 Å². The zero-order chi connectivity index (χ0) is 15.4. The largest absolute Gasteiger partial charge is 0.368 e. The van der Waals surface area contributed by atoms with E-state index in [0.717, 1.165) is 23.3 Å². The Balaban J connectivity index is 1.66. The molecule has 7 heteroatoms. The molecule has 0 aliphatic rings. The molecule has 0 aliphatic heterocycles. The summed E-state index contributed by atoms with van der Waals surface area (Å²) in [6.45, 7) is 0.697. The lowest BCUT2D eigenvalue weighted by atomic mass is 10.1. The van der Waals surface area contributed by atoms with Gasteiger partial charge in [-0.1, -0.05) is 12.1 Å². The van der Waals surface area contributed by atoms with E-state index in [0.29, 0.717) is 17.8 Å². The molecule has 1 aromatic carbocycles. The summed E-state index contributed by atoms with van der Waals surface area (Å²) in [6.07, 6.45) is 3.86. The van der Waals surface area contributed by atoms with Gasteiger partial charge < -0.3 is 15.6 Å². The smallest absolute Gasteiger partial charge is 0.251 e. The molecule has 2 heterocycles. The van der Waals surface area contributed by atoms with Gasteiger partial charge in [0.2, 0.25) is 0 Å². The van der Waals surface area contributed by atoms with E-state index in [2.05, 4.69) is 30.6 Å². The number of anilines is 1. The van der Waals surface area contributed by atoms with Crippen LogP contribution in [-0.4, -0.2) is 39.4 Å². The molecule has 0 fully saturated rings. The van der Waals surface area contributed by atoms with Crippen LogP contribution in [0.3, 0.4) is 0 Å². The fraction of sp³-hybridized carbons (Fsp3) is 0.200. The third-order valence-corrected chi connectivity index (χ3v) is 3.35. The van der Waals surface area contributed by atoms with Gasteiger partial charge in [0, 0.05) is 19.2 Å². The van der Waals surface area contributed by atoms with Crippen LogP contribution in [0.1, 0.15) is 15.9 Å². The van der Waals surface area contributed by atoms with Crippen molar-refractivity contribution in [3.05, 3.63) is 48.0 Å². The minimum absolute atomic E-state index is 0.0789. The number of H-pyrrole nitrogens is 1. The molecule has 3 rings (SSSR count). The van der Waals surface area contributed by atoms with E-state index in [9.17, 15) is 4.79 Å². The summed E-state index contributed by atoms with van der Waals surface area (Å²) < 4.78 is 0. The fourth-order valence-corrected chi connectivity index (χ4v) is 2.24. The van der Waals surface area contributed by atoms with Crippen LogP contribution in [0, 0.1) is 0 Å². The van der Waals surface area contributed by atoms with Gasteiger partial charge in [-0.25, -0.2) is 15.0 Å². The molecule has 22 heavy (non-hydrogen) atoms. The first-order chi connectivity index (χ1) is 10.8. The van der Waals surface area contributed by atoms with Crippen molar-refractivity contribution in [1.29, 1.82) is 0 Å². The Morgan fingerprint density at radius 1 is 1.27 bits per heavy atom. The van der Waals surface area contributed by atoms with E-state index in [1.54, 1.807) is 19.4 Å². The lowest BCUT2D eigenvalue weighted by Gasteiger charge is -2.07. The highest BCUT2D eigenvalue weighted by Gasteiger charge is 2.06. The number of fused-ring (bicyclic) bond motifs is 1. The number of aromatic amines is 1. The summed E-state index contributed by atoms with van der Waals surface area (Å²) >= 11 is 0. The van der Waals surface area contributed by atoms with Crippen LogP contribution >= 0.6 is 0 Å². The molecular formula is C15H16N6O. The monoisotopic (exact) mass is 296 g/mol. The summed E-state index contributed by atoms with van der Waals surface area (Å²) in [5.41, 5.74) is 3.18. The Bertz CT molecular complexity index is 797. The number of amides is 1. The van der Waals surface area contributed by atoms with Gasteiger partial charge in [-0.15, -0.1) is 0 Å². The van der Waals surface area contributed by atoms with Gasteiger partial charge in [-0.2, -0.15) is 0 Å². The molecule has 0 atom stereocenters. The lowest BCUT2D eigenvalue weighted by Crippen LogP contribution is -2.18. The molecule has 0 bridgehead atoms. The number of hydrogen-bond donors (Lipinski definition) is 3. The lowest BCUT2D eigenvalue weighted by molar-refractivity contribution is 0.0963. The summed E-state index contributed by atoms with van der Waals surface area (Å²) in [5, 5.41) is 5.89. The summed E-state index contributed by atoms with van der Waals surface area (Å²) in [7, 11) is 1.63. The minimum atomic E-state index is -0.0789. The van der Waals surface area contributed by atoms with Crippen LogP contribution in [-0.2, 0) is 6.42 Å². The van der Waals surface area contributed by atoms with Crippen molar-refractivity contribution in [2.75, 3.05) is 18.9 Å². The van der Waals surface area contributed by atoms with Gasteiger partial charge in [-0.3, -0.25) is 4.79 Å². The average Bonchev–Trinajstić information content (AvgIpc) is 3.04. The standard InChI is InChI=1S/C15H16N6O/c1-16-15(22)11-4-2-3-10(7-11)5-6-17-13-12-14(19-8-18-12)21-9-20-13/h2-4,7-9H,5-6H2,1H3,(H,16,22)(H2,17,18,19,20,21). The zero-order valence-electron chi connectivity index (χ0n) is 12.1. The molecule has 3 N–H and O–H groups in total. The van der Waals surface area contributed by atoms with Crippen LogP contribution in [0.25, 0.3) is 11.2 Å². The highest BCUT2D eigenvalue weighted by atomic mass is 16.1. The molecule has 0 unspecified atom stereocenters. The van der Waals surface area contributed by atoms with Gasteiger partial charge in [-0.05, 0) is 24.1 Å². The first-order valence-corrected chi connectivity index (χ1v) is 6.97. The molecule has 0 radical (unpaired) electrons. The number of benzene rings is 1. The Morgan fingerprint density at radius 3 is 3.05 bits per heavy atom. The number of nitrogens with one attached hydrogen (secondary N) is 3. The molecular weight excluding hydrogens is 280 g/mol. The van der Waals surface area contributed by atoms with Crippen LogP contribution in [0.2, 0.25) is 0 Å². The van der Waals surface area contributed by atoms with Crippen molar-refractivity contribution in [2.24, 2.45) is 0 Å². The third kappa shape index (κ3) is 2.88. The van der Waals surface area contributed by atoms with Crippen LogP contribution in [0.5, 0.6) is 0 Å². The quantitative estimate of drug-likeness (QED) is 0.661. The minimum Gasteiger partial charge on any atom is -0.368 e. The topological polar surface area (TPSA) is 95.6 Å². The van der Waals surface area contributed by atoms with Crippen LogP contribution in [0.15, 0.2) is 36.9 Å². The van der Waals surface area contributed by atoms with Crippen molar-refractivity contribution in [2.45, 2.75) is 6.42 Å². The number of rotatable bonds is 5. The predicted molar refractivity (Wildman–Crippen MR) is 83.7 cm³/mol. The summed E-state index contributed by atoms with van der Waals surface area (Å²) in [6, 6.07) is 7.58. The number of aromatic nitrogens is 4. The Kier molecular flexibility index (Phi) is 3.95. The van der Waals surface area contributed by atoms with Crippen molar-refractivity contribution >= 4 is 22.9 Å². The third-order valence-electron chi connectivity index (χ3n) is 3.35. The van der Waals surface area contributed by atoms with E-state index in [4.69, 9.17) is 0 Å². The second-order valence-corrected chi connectivity index (χ2v) is 4.78. The highest BCUT2D eigenvalue weighted by molar-refractivity contribution is 5.94. The first kappa shape index (κ1) is 14.0. The first-order valence-electron chi connectivity index (χ1n) is 6.97. The van der Waals surface area contributed by atoms with E-state index in [1.165, 1.54) is 6.33 Å². The van der Waals surface area contributed by atoms with Crippen LogP contribution in [0.4, 0.5) is 5.82 Å². The maximum absolute atomic E-state index is 11.6. The maximum Gasteiger partial charge on any atom is 0.251 e. The Hall–Kier alpha value is -2.96. The second-order valence-electron chi connectivity index (χ2n) is 4.78. The van der Waals surface area contributed by atoms with Crippen molar-refractivity contribution in [3.63, 3.8) is 0 Å². The second kappa shape index (κ2) is 6.21. The fourth-order valence-electron chi connectivity index (χ4n) is 2.24. The van der Waals surface area contributed by atoms with E-state index in [-0.39, 0.29) is 5.91 Å². The van der Waals surface area contributed by atoms with Crippen LogP contribution < -0.4 is 10.6 Å². The predicted octanol–water partition coefficient (Wildman–Crippen LogP) is 1.37. The van der Waals surface area contributed by atoms with E-state index >= 15 is 0 Å². The SMILES string of the molecule is CNC(=O)c1cccc(CCNc2ncnc3nc[nH]c23)c1. The normalized spacial score (nSPS) is 10.6. The molecule has 0 saturated carbocycles. The zero-order valence-corrected chi connectivity index (χ0v) is 12.1. The molecule has 3 aromatic rings. The number of nitrogens with zero attached hydrogens (tertiary/aromatic N) is 3. The number of carbonyl (C=O) groups excluding carboxylic acids is 1. The van der Waals surface area contributed by atoms with E-state index in [1.807, 2.05) is 18.2 Å². The van der Waals surface area contributed by atoms with E-state index < -0.39 is 0 Å². The molecule has 0 saturated heterocycles. The molecule has 0 spiro atoms. The Labute approximate surface area is 127 Å². The number of carbonyl (C=O) groups is 1. The molecule has 112 valence electrons. The van der Waals surface area contributed by atoms with Crippen molar-refractivity contribution < 1.29 is 4.79 Å². The Morgan fingerprint density at radius 2 is 2.18 bits per heavy atom. The molecule has 1 amide bonds. The molecule has 7 nitrogen and oxygen atoms in total. The number of imidazole rings is 1. The summed E-state index contributed by atoms with van der Waals surface area (Å²) in [5.74, 6) is 0.648. The molecule has 0 aliphatic carbocycles. The van der Waals surface area contributed by atoms with Gasteiger partial charge in [0.15, 0.2) is 11.5 Å². The average molecular weight is 296 g/mol. The van der Waals surface area contributed by atoms with Crippen molar-refractivity contribution in [3.8, 4) is 0 Å². The van der Waals surface area contributed by atoms with Gasteiger partial charge in [0.1, 0.15) is 11.8 Å². The van der Waals surface area contributed by atoms with Gasteiger partial charge in [0.25, 0.3) is 5.91 Å². The van der Waals surface area contributed by atoms with Gasteiger partial charge >= 0.3 is 0 Å². The maximum atomic E-state index is 11.6. The summed E-state index contributed by atoms with van der Waals surface area (Å²) in [4.78, 5) is 27.0. The highest BCUT2D eigenvalue weighted by Crippen LogP contribution is 2.14. The van der Waals surface area contributed by atoms with Crippen molar-refractivity contribution in [1.82, 2.24) is 25.3 Å². The number of hydrogen-bond acceptors (Lipinski definition) is 5. The molecule has 2 aromatic heterocycles.